The van der Waals surface area contributed by atoms with Crippen LogP contribution in [-0.4, -0.2) is 28.4 Å². The highest BCUT2D eigenvalue weighted by atomic mass is 19.1. The van der Waals surface area contributed by atoms with Crippen LogP contribution in [-0.2, 0) is 16.0 Å². The summed E-state index contributed by atoms with van der Waals surface area (Å²) in [5.41, 5.74) is 1.64. The minimum absolute atomic E-state index is 0.0378. The zero-order valence-corrected chi connectivity index (χ0v) is 16.5. The number of carbonyl (C=O) groups excluding carboxylic acids is 2. The van der Waals surface area contributed by atoms with E-state index in [0.29, 0.717) is 28.6 Å². The van der Waals surface area contributed by atoms with E-state index in [-0.39, 0.29) is 35.7 Å². The monoisotopic (exact) mass is 427 g/mol. The topological polar surface area (TPSA) is 74.0 Å². The van der Waals surface area contributed by atoms with E-state index in [4.69, 9.17) is 0 Å². The number of rotatable bonds is 5. The molecule has 31 heavy (non-hydrogen) atoms. The maximum atomic E-state index is 14.4. The third-order valence-electron chi connectivity index (χ3n) is 6.16. The fraction of sp³-hybridized carbons (Fsp3) is 0.304. The van der Waals surface area contributed by atoms with Crippen molar-refractivity contribution in [2.45, 2.75) is 43.7 Å². The lowest BCUT2D eigenvalue weighted by atomic mass is 10.0. The summed E-state index contributed by atoms with van der Waals surface area (Å²) in [5.74, 6) is -2.37. The first-order valence-electron chi connectivity index (χ1n) is 10.2. The fourth-order valence-electron chi connectivity index (χ4n) is 4.38. The number of hydrogen-bond donors (Lipinski definition) is 3. The van der Waals surface area contributed by atoms with E-state index in [1.165, 1.54) is 30.3 Å². The van der Waals surface area contributed by atoms with Crippen LogP contribution in [0.3, 0.4) is 0 Å². The van der Waals surface area contributed by atoms with E-state index in [9.17, 15) is 22.8 Å². The molecule has 0 bridgehead atoms. The number of hydrogen-bond acceptors (Lipinski definition) is 2. The fourth-order valence-corrected chi connectivity index (χ4v) is 4.38. The van der Waals surface area contributed by atoms with E-state index < -0.39 is 23.5 Å². The van der Waals surface area contributed by atoms with Gasteiger partial charge >= 0.3 is 0 Å². The van der Waals surface area contributed by atoms with Crippen LogP contribution >= 0.6 is 0 Å². The number of nitrogens with one attached hydrogen (secondary N) is 3. The molecule has 1 saturated carbocycles. The Hall–Kier alpha value is -3.29. The van der Waals surface area contributed by atoms with Gasteiger partial charge in [-0.25, -0.2) is 13.2 Å². The van der Waals surface area contributed by atoms with E-state index in [1.54, 1.807) is 0 Å². The second kappa shape index (κ2) is 7.14. The highest BCUT2D eigenvalue weighted by Crippen LogP contribution is 2.43. The highest BCUT2D eigenvalue weighted by molar-refractivity contribution is 5.93. The van der Waals surface area contributed by atoms with Gasteiger partial charge in [0.1, 0.15) is 23.5 Å². The van der Waals surface area contributed by atoms with Crippen molar-refractivity contribution < 1.29 is 22.8 Å². The molecule has 2 aliphatic rings. The van der Waals surface area contributed by atoms with Crippen molar-refractivity contribution in [3.05, 3.63) is 59.4 Å². The first kappa shape index (κ1) is 19.7. The van der Waals surface area contributed by atoms with Crippen molar-refractivity contribution in [3.63, 3.8) is 0 Å². The van der Waals surface area contributed by atoms with E-state index in [1.807, 2.05) is 0 Å². The molecule has 3 aromatic rings. The Morgan fingerprint density at radius 1 is 1.10 bits per heavy atom. The molecule has 160 valence electrons. The van der Waals surface area contributed by atoms with Crippen molar-refractivity contribution in [1.82, 2.24) is 15.6 Å². The number of aryl methyl sites for hydroxylation is 1. The standard InChI is InChI=1S/C23H20F3N3O2/c24-13-3-1-12(2-4-13)20-15(16-9-14(25)10-17(26)21(16)28-20)5-6-19(30)27-18-11-23(7-8-23)29-22(18)31/h1-4,9-10,18,28H,5-8,11H2,(H,27,30)(H,29,31). The smallest absolute Gasteiger partial charge is 0.243 e. The molecule has 2 amide bonds. The third-order valence-corrected chi connectivity index (χ3v) is 6.16. The van der Waals surface area contributed by atoms with Crippen LogP contribution in [0.25, 0.3) is 22.2 Å². The Labute approximate surface area is 176 Å². The van der Waals surface area contributed by atoms with Crippen molar-refractivity contribution in [3.8, 4) is 11.3 Å². The molecule has 1 spiro atoms. The SMILES string of the molecule is O=C(CCc1c(-c2ccc(F)cc2)[nH]c2c(F)cc(F)cc12)NC1CC2(CC2)NC1=O. The molecule has 2 fully saturated rings. The number of carbonyl (C=O) groups is 2. The second-order valence-corrected chi connectivity index (χ2v) is 8.39. The molecular weight excluding hydrogens is 407 g/mol. The van der Waals surface area contributed by atoms with Gasteiger partial charge in [0.2, 0.25) is 11.8 Å². The summed E-state index contributed by atoms with van der Waals surface area (Å²) < 4.78 is 41.6. The lowest BCUT2D eigenvalue weighted by molar-refractivity contribution is -0.127. The molecule has 5 rings (SSSR count). The summed E-state index contributed by atoms with van der Waals surface area (Å²) in [6, 6.07) is 7.09. The van der Waals surface area contributed by atoms with E-state index in [2.05, 4.69) is 15.6 Å². The molecule has 1 atom stereocenters. The first-order chi connectivity index (χ1) is 14.8. The van der Waals surface area contributed by atoms with Gasteiger partial charge in [0, 0.05) is 29.1 Å². The molecule has 1 saturated heterocycles. The number of H-pyrrole nitrogens is 1. The quantitative estimate of drug-likeness (QED) is 0.581. The molecule has 1 unspecified atom stereocenters. The van der Waals surface area contributed by atoms with Crippen LogP contribution < -0.4 is 10.6 Å². The molecule has 1 aromatic heterocycles. The van der Waals surface area contributed by atoms with E-state index in [0.717, 1.165) is 18.9 Å². The lowest BCUT2D eigenvalue weighted by Gasteiger charge is -2.11. The summed E-state index contributed by atoms with van der Waals surface area (Å²) in [6.07, 6.45) is 2.68. The van der Waals surface area contributed by atoms with Crippen LogP contribution in [0.1, 0.15) is 31.2 Å². The summed E-state index contributed by atoms with van der Waals surface area (Å²) in [6.45, 7) is 0. The molecular formula is C23H20F3N3O2. The van der Waals surface area contributed by atoms with Crippen LogP contribution in [0.2, 0.25) is 0 Å². The number of aromatic amines is 1. The average molecular weight is 427 g/mol. The van der Waals surface area contributed by atoms with Crippen molar-refractivity contribution in [2.75, 3.05) is 0 Å². The Bertz CT molecular complexity index is 1200. The van der Waals surface area contributed by atoms with Crippen LogP contribution in [0.15, 0.2) is 36.4 Å². The van der Waals surface area contributed by atoms with Gasteiger partial charge in [0.15, 0.2) is 0 Å². The normalized spacial score (nSPS) is 19.1. The molecule has 5 nitrogen and oxygen atoms in total. The van der Waals surface area contributed by atoms with Gasteiger partial charge in [-0.3, -0.25) is 9.59 Å². The van der Waals surface area contributed by atoms with Gasteiger partial charge in [-0.05, 0) is 67.1 Å². The summed E-state index contributed by atoms with van der Waals surface area (Å²) in [4.78, 5) is 27.6. The highest BCUT2D eigenvalue weighted by Gasteiger charge is 2.52. The van der Waals surface area contributed by atoms with Gasteiger partial charge in [0.05, 0.1) is 5.52 Å². The number of benzene rings is 2. The predicted octanol–water partition coefficient (Wildman–Crippen LogP) is 3.72. The Morgan fingerprint density at radius 3 is 2.52 bits per heavy atom. The predicted molar refractivity (Wildman–Crippen MR) is 109 cm³/mol. The first-order valence-corrected chi connectivity index (χ1v) is 10.2. The van der Waals surface area contributed by atoms with Gasteiger partial charge in [0.25, 0.3) is 0 Å². The lowest BCUT2D eigenvalue weighted by Crippen LogP contribution is -2.40. The number of aromatic nitrogens is 1. The molecule has 8 heteroatoms. The number of fused-ring (bicyclic) bond motifs is 1. The zero-order valence-electron chi connectivity index (χ0n) is 16.5. The summed E-state index contributed by atoms with van der Waals surface area (Å²) in [7, 11) is 0. The Kier molecular flexibility index (Phi) is 4.53. The summed E-state index contributed by atoms with van der Waals surface area (Å²) >= 11 is 0. The van der Waals surface area contributed by atoms with Gasteiger partial charge in [-0.2, -0.15) is 0 Å². The van der Waals surface area contributed by atoms with Crippen LogP contribution in [0, 0.1) is 17.5 Å². The molecule has 2 aromatic carbocycles. The van der Waals surface area contributed by atoms with Gasteiger partial charge in [-0.1, -0.05) is 0 Å². The van der Waals surface area contributed by atoms with E-state index >= 15 is 0 Å². The minimum Gasteiger partial charge on any atom is -0.352 e. The number of amides is 2. The molecule has 2 heterocycles. The minimum atomic E-state index is -0.744. The van der Waals surface area contributed by atoms with Gasteiger partial charge < -0.3 is 15.6 Å². The number of halogens is 3. The second-order valence-electron chi connectivity index (χ2n) is 8.39. The maximum absolute atomic E-state index is 14.4. The molecule has 1 aliphatic heterocycles. The Balaban J connectivity index is 1.41. The largest absolute Gasteiger partial charge is 0.352 e. The van der Waals surface area contributed by atoms with Crippen molar-refractivity contribution in [1.29, 1.82) is 0 Å². The Morgan fingerprint density at radius 2 is 1.84 bits per heavy atom. The van der Waals surface area contributed by atoms with Gasteiger partial charge in [-0.15, -0.1) is 0 Å². The molecule has 0 radical (unpaired) electrons. The summed E-state index contributed by atoms with van der Waals surface area (Å²) in [5, 5.41) is 6.03. The van der Waals surface area contributed by atoms with Crippen molar-refractivity contribution in [2.24, 2.45) is 0 Å². The average Bonchev–Trinajstić information content (AvgIpc) is 3.25. The maximum Gasteiger partial charge on any atom is 0.243 e. The third kappa shape index (κ3) is 3.66. The van der Waals surface area contributed by atoms with Crippen molar-refractivity contribution >= 4 is 22.7 Å². The van der Waals surface area contributed by atoms with Crippen LogP contribution in [0.4, 0.5) is 13.2 Å². The molecule has 1 aliphatic carbocycles. The van der Waals surface area contributed by atoms with Crippen LogP contribution in [0.5, 0.6) is 0 Å². The molecule has 3 N–H and O–H groups in total. The zero-order chi connectivity index (χ0) is 21.8.